The van der Waals surface area contributed by atoms with Gasteiger partial charge in [0.25, 0.3) is 0 Å². The van der Waals surface area contributed by atoms with E-state index in [4.69, 9.17) is 11.6 Å². The van der Waals surface area contributed by atoms with Crippen LogP contribution in [0.5, 0.6) is 0 Å². The summed E-state index contributed by atoms with van der Waals surface area (Å²) in [6.07, 6.45) is 0.203. The number of benzene rings is 1. The molecule has 0 saturated carbocycles. The van der Waals surface area contributed by atoms with Gasteiger partial charge in [0.2, 0.25) is 5.91 Å². The minimum Gasteiger partial charge on any atom is -0.352 e. The molecule has 1 aromatic carbocycles. The van der Waals surface area contributed by atoms with Crippen LogP contribution < -0.4 is 5.32 Å². The van der Waals surface area contributed by atoms with Crippen molar-refractivity contribution in [2.24, 2.45) is 0 Å². The van der Waals surface area contributed by atoms with Crippen molar-refractivity contribution >= 4 is 17.5 Å². The van der Waals surface area contributed by atoms with E-state index >= 15 is 0 Å². The molecule has 0 fully saturated rings. The smallest absolute Gasteiger partial charge is 0.224 e. The Labute approximate surface area is 168 Å². The Bertz CT molecular complexity index is 1050. The first-order valence-electron chi connectivity index (χ1n) is 8.96. The molecule has 0 bridgehead atoms. The number of hydrogen-bond acceptors (Lipinski definition) is 3. The number of nitrogens with zero attached hydrogens (tertiary/aromatic N) is 3. The van der Waals surface area contributed by atoms with Gasteiger partial charge in [0, 0.05) is 28.5 Å². The summed E-state index contributed by atoms with van der Waals surface area (Å²) in [6, 6.07) is 8.05. The van der Waals surface area contributed by atoms with Gasteiger partial charge in [-0.2, -0.15) is 5.10 Å². The number of carbonyl (C=O) groups excluding carboxylic acids is 1. The molecule has 28 heavy (non-hydrogen) atoms. The van der Waals surface area contributed by atoms with Crippen molar-refractivity contribution in [1.82, 2.24) is 20.1 Å². The molecule has 5 nitrogen and oxygen atoms in total. The monoisotopic (exact) mass is 400 g/mol. The third-order valence-electron chi connectivity index (χ3n) is 4.69. The molecule has 0 spiro atoms. The highest BCUT2D eigenvalue weighted by Gasteiger charge is 2.17. The van der Waals surface area contributed by atoms with Gasteiger partial charge in [-0.25, -0.2) is 9.07 Å². The van der Waals surface area contributed by atoms with E-state index in [9.17, 15) is 9.18 Å². The van der Waals surface area contributed by atoms with E-state index in [1.807, 2.05) is 44.5 Å². The molecular weight excluding hydrogens is 379 g/mol. The standard InChI is InChI=1S/C21H22ClFN4O/c1-12-5-8-20(14(3)25-12)27-15(4)18(13(2)26-27)10-21(28)24-11-16-6-7-17(23)9-19(16)22/h5-9H,10-11H2,1-4H3,(H,24,28). The van der Waals surface area contributed by atoms with Gasteiger partial charge >= 0.3 is 0 Å². The van der Waals surface area contributed by atoms with Gasteiger partial charge < -0.3 is 5.32 Å². The molecule has 2 heterocycles. The fourth-order valence-corrected chi connectivity index (χ4v) is 3.38. The van der Waals surface area contributed by atoms with E-state index in [1.54, 1.807) is 6.07 Å². The Morgan fingerprint density at radius 1 is 1.14 bits per heavy atom. The molecular formula is C21H22ClFN4O. The van der Waals surface area contributed by atoms with Crippen LogP contribution in [0.3, 0.4) is 0 Å². The lowest BCUT2D eigenvalue weighted by Crippen LogP contribution is -2.25. The van der Waals surface area contributed by atoms with Gasteiger partial charge in [0.05, 0.1) is 23.5 Å². The van der Waals surface area contributed by atoms with E-state index in [0.29, 0.717) is 10.6 Å². The lowest BCUT2D eigenvalue weighted by Gasteiger charge is -2.09. The maximum absolute atomic E-state index is 13.1. The molecule has 146 valence electrons. The molecule has 0 unspecified atom stereocenters. The molecule has 3 aromatic rings. The van der Waals surface area contributed by atoms with Gasteiger partial charge in [0.15, 0.2) is 0 Å². The van der Waals surface area contributed by atoms with Gasteiger partial charge in [-0.1, -0.05) is 17.7 Å². The van der Waals surface area contributed by atoms with Crippen LogP contribution in [0, 0.1) is 33.5 Å². The SMILES string of the molecule is Cc1ccc(-n2nc(C)c(CC(=O)NCc3ccc(F)cc3Cl)c2C)c(C)n1. The van der Waals surface area contributed by atoms with Crippen molar-refractivity contribution in [2.45, 2.75) is 40.7 Å². The van der Waals surface area contributed by atoms with Crippen LogP contribution in [0.2, 0.25) is 5.02 Å². The third kappa shape index (κ3) is 4.22. The van der Waals surface area contributed by atoms with E-state index in [1.165, 1.54) is 12.1 Å². The summed E-state index contributed by atoms with van der Waals surface area (Å²) in [6.45, 7) is 7.96. The molecule has 0 aliphatic rings. The van der Waals surface area contributed by atoms with E-state index in [2.05, 4.69) is 15.4 Å². The van der Waals surface area contributed by atoms with Gasteiger partial charge in [-0.3, -0.25) is 9.78 Å². The topological polar surface area (TPSA) is 59.8 Å². The first-order chi connectivity index (χ1) is 13.3. The second-order valence-corrected chi connectivity index (χ2v) is 7.21. The van der Waals surface area contributed by atoms with Crippen molar-refractivity contribution < 1.29 is 9.18 Å². The number of rotatable bonds is 5. The number of aryl methyl sites for hydroxylation is 3. The summed E-state index contributed by atoms with van der Waals surface area (Å²) in [5.41, 5.74) is 5.98. The van der Waals surface area contributed by atoms with E-state index in [-0.39, 0.29) is 18.9 Å². The summed E-state index contributed by atoms with van der Waals surface area (Å²) in [4.78, 5) is 16.9. The number of carbonyl (C=O) groups is 1. The van der Waals surface area contributed by atoms with Crippen molar-refractivity contribution in [3.8, 4) is 5.69 Å². The molecule has 1 amide bonds. The molecule has 7 heteroatoms. The third-order valence-corrected chi connectivity index (χ3v) is 5.05. The number of aromatic nitrogens is 3. The number of amides is 1. The fraction of sp³-hybridized carbons (Fsp3) is 0.286. The van der Waals surface area contributed by atoms with Crippen molar-refractivity contribution in [2.75, 3.05) is 0 Å². The zero-order valence-corrected chi connectivity index (χ0v) is 17.1. The van der Waals surface area contributed by atoms with Gasteiger partial charge in [-0.15, -0.1) is 0 Å². The molecule has 2 aromatic heterocycles. The number of hydrogen-bond donors (Lipinski definition) is 1. The maximum Gasteiger partial charge on any atom is 0.224 e. The summed E-state index contributed by atoms with van der Waals surface area (Å²) in [5, 5.41) is 7.73. The highest BCUT2D eigenvalue weighted by molar-refractivity contribution is 6.31. The maximum atomic E-state index is 13.1. The highest BCUT2D eigenvalue weighted by Crippen LogP contribution is 2.21. The van der Waals surface area contributed by atoms with Crippen LogP contribution in [0.1, 0.15) is 33.9 Å². The summed E-state index contributed by atoms with van der Waals surface area (Å²) in [5.74, 6) is -0.551. The lowest BCUT2D eigenvalue weighted by molar-refractivity contribution is -0.120. The van der Waals surface area contributed by atoms with Gasteiger partial charge in [0.1, 0.15) is 5.82 Å². The first-order valence-corrected chi connectivity index (χ1v) is 9.34. The van der Waals surface area contributed by atoms with E-state index in [0.717, 1.165) is 34.0 Å². The van der Waals surface area contributed by atoms with Crippen molar-refractivity contribution in [3.63, 3.8) is 0 Å². The minimum absolute atomic E-state index is 0.148. The molecule has 0 aliphatic heterocycles. The van der Waals surface area contributed by atoms with Crippen LogP contribution in [0.15, 0.2) is 30.3 Å². The Kier molecular flexibility index (Phi) is 5.79. The highest BCUT2D eigenvalue weighted by atomic mass is 35.5. The summed E-state index contributed by atoms with van der Waals surface area (Å²) in [7, 11) is 0. The van der Waals surface area contributed by atoms with Crippen LogP contribution in [-0.4, -0.2) is 20.7 Å². The number of halogens is 2. The Hall–Kier alpha value is -2.73. The Morgan fingerprint density at radius 2 is 1.89 bits per heavy atom. The number of nitrogens with one attached hydrogen (secondary N) is 1. The minimum atomic E-state index is -0.403. The normalized spacial score (nSPS) is 10.9. The molecule has 0 aliphatic carbocycles. The van der Waals surface area contributed by atoms with E-state index < -0.39 is 5.82 Å². The average Bonchev–Trinajstić information content (AvgIpc) is 2.89. The predicted molar refractivity (Wildman–Crippen MR) is 107 cm³/mol. The largest absolute Gasteiger partial charge is 0.352 e. The summed E-state index contributed by atoms with van der Waals surface area (Å²) >= 11 is 6.01. The zero-order valence-electron chi connectivity index (χ0n) is 16.3. The van der Waals surface area contributed by atoms with Crippen LogP contribution in [-0.2, 0) is 17.8 Å². The zero-order chi connectivity index (χ0) is 20.4. The van der Waals surface area contributed by atoms with Crippen LogP contribution in [0.4, 0.5) is 4.39 Å². The number of pyridine rings is 1. The van der Waals surface area contributed by atoms with Crippen molar-refractivity contribution in [1.29, 1.82) is 0 Å². The lowest BCUT2D eigenvalue weighted by atomic mass is 10.1. The second kappa shape index (κ2) is 8.10. The Balaban J connectivity index is 1.75. The average molecular weight is 401 g/mol. The summed E-state index contributed by atoms with van der Waals surface area (Å²) < 4.78 is 15.0. The molecule has 0 radical (unpaired) electrons. The van der Waals surface area contributed by atoms with Crippen LogP contribution >= 0.6 is 11.6 Å². The second-order valence-electron chi connectivity index (χ2n) is 6.81. The Morgan fingerprint density at radius 3 is 2.57 bits per heavy atom. The first kappa shape index (κ1) is 20.0. The molecule has 3 rings (SSSR count). The van der Waals surface area contributed by atoms with Crippen LogP contribution in [0.25, 0.3) is 5.69 Å². The molecule has 0 atom stereocenters. The van der Waals surface area contributed by atoms with Gasteiger partial charge in [-0.05, 0) is 57.5 Å². The quantitative estimate of drug-likeness (QED) is 0.699. The molecule has 0 saturated heterocycles. The molecule has 1 N–H and O–H groups in total. The fourth-order valence-electron chi connectivity index (χ4n) is 3.15. The van der Waals surface area contributed by atoms with Crippen molar-refractivity contribution in [3.05, 3.63) is 75.1 Å². The predicted octanol–water partition coefficient (Wildman–Crippen LogP) is 4.15.